The van der Waals surface area contributed by atoms with E-state index in [0.29, 0.717) is 5.56 Å². The average molecular weight is 367 g/mol. The van der Waals surface area contributed by atoms with Gasteiger partial charge in [-0.05, 0) is 29.8 Å². The quantitative estimate of drug-likeness (QED) is 0.695. The zero-order valence-electron chi connectivity index (χ0n) is 13.0. The van der Waals surface area contributed by atoms with Crippen molar-refractivity contribution in [3.8, 4) is 22.4 Å². The van der Waals surface area contributed by atoms with Crippen molar-refractivity contribution in [3.63, 3.8) is 0 Å². The molecule has 1 aromatic heterocycles. The summed E-state index contributed by atoms with van der Waals surface area (Å²) < 4.78 is 68.9. The molecular formula is C17H12F3NO3S. The monoisotopic (exact) mass is 367 g/mol. The van der Waals surface area contributed by atoms with E-state index in [1.54, 1.807) is 6.07 Å². The first-order chi connectivity index (χ1) is 11.8. The maximum Gasteiger partial charge on any atom is 0.178 e. The smallest absolute Gasteiger partial charge is 0.178 e. The summed E-state index contributed by atoms with van der Waals surface area (Å²) in [6.45, 7) is -1.01. The Morgan fingerprint density at radius 3 is 2.44 bits per heavy atom. The second kappa shape index (κ2) is 6.36. The number of halogens is 3. The molecule has 0 spiro atoms. The number of rotatable bonds is 4. The highest BCUT2D eigenvalue weighted by Gasteiger charge is 2.22. The van der Waals surface area contributed by atoms with Crippen molar-refractivity contribution in [1.29, 1.82) is 0 Å². The van der Waals surface area contributed by atoms with E-state index in [9.17, 15) is 21.6 Å². The van der Waals surface area contributed by atoms with Crippen LogP contribution in [0.4, 0.5) is 13.2 Å². The van der Waals surface area contributed by atoms with Crippen LogP contribution in [-0.4, -0.2) is 19.8 Å². The Morgan fingerprint density at radius 2 is 1.84 bits per heavy atom. The zero-order chi connectivity index (χ0) is 18.2. The van der Waals surface area contributed by atoms with E-state index in [1.165, 1.54) is 24.3 Å². The van der Waals surface area contributed by atoms with E-state index in [1.807, 2.05) is 0 Å². The molecule has 25 heavy (non-hydrogen) atoms. The van der Waals surface area contributed by atoms with Crippen LogP contribution in [0.25, 0.3) is 22.4 Å². The molecule has 2 aromatic carbocycles. The van der Waals surface area contributed by atoms with E-state index in [2.05, 4.69) is 5.16 Å². The van der Waals surface area contributed by atoms with E-state index in [4.69, 9.17) is 4.52 Å². The number of alkyl halides is 1. The highest BCUT2D eigenvalue weighted by molar-refractivity contribution is 7.90. The fourth-order valence-corrected chi connectivity index (χ4v) is 3.23. The van der Waals surface area contributed by atoms with Gasteiger partial charge in [0.2, 0.25) is 0 Å². The molecule has 4 nitrogen and oxygen atoms in total. The normalized spacial score (nSPS) is 11.7. The summed E-state index contributed by atoms with van der Waals surface area (Å²) in [5.41, 5.74) is 0.787. The summed E-state index contributed by atoms with van der Waals surface area (Å²) in [4.78, 5) is -0.471. The van der Waals surface area contributed by atoms with Gasteiger partial charge in [-0.3, -0.25) is 0 Å². The summed E-state index contributed by atoms with van der Waals surface area (Å²) >= 11 is 0. The van der Waals surface area contributed by atoms with Gasteiger partial charge >= 0.3 is 0 Å². The Labute approximate surface area is 141 Å². The molecule has 1 heterocycles. The zero-order valence-corrected chi connectivity index (χ0v) is 13.8. The molecule has 0 fully saturated rings. The van der Waals surface area contributed by atoms with Crippen LogP contribution in [-0.2, 0) is 16.5 Å². The van der Waals surface area contributed by atoms with Gasteiger partial charge in [-0.1, -0.05) is 23.4 Å². The van der Waals surface area contributed by atoms with E-state index < -0.39 is 33.0 Å². The maximum atomic E-state index is 14.2. The van der Waals surface area contributed by atoms with Crippen molar-refractivity contribution < 1.29 is 26.1 Å². The summed E-state index contributed by atoms with van der Waals surface area (Å²) in [6, 6.07) is 8.80. The molecule has 3 rings (SSSR count). The van der Waals surface area contributed by atoms with Crippen LogP contribution in [0.3, 0.4) is 0 Å². The van der Waals surface area contributed by atoms with Crippen molar-refractivity contribution in [1.82, 2.24) is 5.16 Å². The number of nitrogens with zero attached hydrogens (tertiary/aromatic N) is 1. The Hall–Kier alpha value is -2.61. The first-order valence-corrected chi connectivity index (χ1v) is 9.01. The van der Waals surface area contributed by atoms with Crippen LogP contribution in [0.5, 0.6) is 0 Å². The largest absolute Gasteiger partial charge is 0.357 e. The SMILES string of the molecule is CS(=O)(=O)c1ccc(-c2c(-c3cccc(F)c3)noc2CF)cc1F. The lowest BCUT2D eigenvalue weighted by molar-refractivity contribution is 0.332. The topological polar surface area (TPSA) is 60.2 Å². The van der Waals surface area contributed by atoms with Crippen LogP contribution in [0.2, 0.25) is 0 Å². The van der Waals surface area contributed by atoms with E-state index >= 15 is 0 Å². The molecule has 0 aliphatic carbocycles. The first kappa shape index (κ1) is 17.2. The van der Waals surface area contributed by atoms with Crippen molar-refractivity contribution in [2.24, 2.45) is 0 Å². The lowest BCUT2D eigenvalue weighted by atomic mass is 9.99. The molecule has 0 atom stereocenters. The molecule has 0 N–H and O–H groups in total. The molecule has 0 saturated carbocycles. The summed E-state index contributed by atoms with van der Waals surface area (Å²) in [7, 11) is -3.74. The Balaban J connectivity index is 2.21. The van der Waals surface area contributed by atoms with Gasteiger partial charge in [0, 0.05) is 11.8 Å². The van der Waals surface area contributed by atoms with Gasteiger partial charge < -0.3 is 4.52 Å². The van der Waals surface area contributed by atoms with Crippen molar-refractivity contribution in [2.75, 3.05) is 6.26 Å². The third-order valence-corrected chi connectivity index (χ3v) is 4.73. The number of aromatic nitrogens is 1. The van der Waals surface area contributed by atoms with Gasteiger partial charge in [0.1, 0.15) is 22.2 Å². The molecule has 3 aromatic rings. The van der Waals surface area contributed by atoms with Crippen molar-refractivity contribution in [3.05, 3.63) is 59.9 Å². The third-order valence-electron chi connectivity index (χ3n) is 3.60. The molecule has 130 valence electrons. The van der Waals surface area contributed by atoms with Gasteiger partial charge in [-0.15, -0.1) is 0 Å². The molecule has 0 aliphatic heterocycles. The van der Waals surface area contributed by atoms with Gasteiger partial charge in [0.05, 0.1) is 5.56 Å². The molecule has 0 saturated heterocycles. The number of benzene rings is 2. The van der Waals surface area contributed by atoms with E-state index in [0.717, 1.165) is 18.4 Å². The minimum Gasteiger partial charge on any atom is -0.357 e. The fraction of sp³-hybridized carbons (Fsp3) is 0.118. The molecule has 0 aliphatic rings. The minimum atomic E-state index is -3.74. The number of hydrogen-bond donors (Lipinski definition) is 0. The van der Waals surface area contributed by atoms with Gasteiger partial charge in [0.25, 0.3) is 0 Å². The molecule has 0 radical (unpaired) electrons. The highest BCUT2D eigenvalue weighted by atomic mass is 32.2. The van der Waals surface area contributed by atoms with E-state index in [-0.39, 0.29) is 22.6 Å². The Bertz CT molecular complexity index is 1050. The first-order valence-electron chi connectivity index (χ1n) is 7.11. The molecule has 8 heteroatoms. The lowest BCUT2D eigenvalue weighted by Gasteiger charge is -2.06. The standard InChI is InChI=1S/C17H12F3NO3S/c1-25(22,23)15-6-5-10(8-13(15)20)16-14(9-18)24-21-17(16)11-3-2-4-12(19)7-11/h2-8H,9H2,1H3. The molecule has 0 amide bonds. The van der Waals surface area contributed by atoms with Crippen molar-refractivity contribution in [2.45, 2.75) is 11.6 Å². The van der Waals surface area contributed by atoms with Gasteiger partial charge in [-0.2, -0.15) is 0 Å². The molecule has 0 bridgehead atoms. The summed E-state index contributed by atoms with van der Waals surface area (Å²) in [5.74, 6) is -1.66. The highest BCUT2D eigenvalue weighted by Crippen LogP contribution is 2.36. The second-order valence-electron chi connectivity index (χ2n) is 5.39. The van der Waals surface area contributed by atoms with Crippen LogP contribution in [0, 0.1) is 11.6 Å². The second-order valence-corrected chi connectivity index (χ2v) is 7.37. The van der Waals surface area contributed by atoms with Crippen LogP contribution >= 0.6 is 0 Å². The lowest BCUT2D eigenvalue weighted by Crippen LogP contribution is -2.01. The van der Waals surface area contributed by atoms with Gasteiger partial charge in [0.15, 0.2) is 22.3 Å². The van der Waals surface area contributed by atoms with Crippen molar-refractivity contribution >= 4 is 9.84 Å². The van der Waals surface area contributed by atoms with Crippen LogP contribution in [0.15, 0.2) is 51.9 Å². The van der Waals surface area contributed by atoms with Crippen LogP contribution < -0.4 is 0 Å². The van der Waals surface area contributed by atoms with Gasteiger partial charge in [-0.25, -0.2) is 21.6 Å². The predicted molar refractivity (Wildman–Crippen MR) is 85.2 cm³/mol. The Morgan fingerprint density at radius 1 is 1.08 bits per heavy atom. The maximum absolute atomic E-state index is 14.2. The number of sulfone groups is 1. The third kappa shape index (κ3) is 3.30. The predicted octanol–water partition coefficient (Wildman–Crippen LogP) is 4.16. The number of hydrogen-bond acceptors (Lipinski definition) is 4. The Kier molecular flexibility index (Phi) is 4.38. The van der Waals surface area contributed by atoms with Crippen LogP contribution in [0.1, 0.15) is 5.76 Å². The minimum absolute atomic E-state index is 0.138. The summed E-state index contributed by atoms with van der Waals surface area (Å²) in [5, 5.41) is 3.75. The fourth-order valence-electron chi connectivity index (χ4n) is 2.50. The average Bonchev–Trinajstić information content (AvgIpc) is 2.97. The summed E-state index contributed by atoms with van der Waals surface area (Å²) in [6.07, 6.45) is 0.885. The molecule has 0 unspecified atom stereocenters. The molecular weight excluding hydrogens is 355 g/mol.